The van der Waals surface area contributed by atoms with Crippen molar-refractivity contribution < 1.29 is 13.2 Å². The number of hydrogen-bond acceptors (Lipinski definition) is 5. The molecule has 9 heteroatoms. The lowest BCUT2D eigenvalue weighted by Gasteiger charge is -2.30. The number of nitrogens with one attached hydrogen (secondary N) is 1. The topological polar surface area (TPSA) is 83.8 Å². The van der Waals surface area contributed by atoms with E-state index in [0.717, 1.165) is 37.6 Å². The molecular formula is C22H26N4O3S2. The Morgan fingerprint density at radius 2 is 1.90 bits per heavy atom. The number of aromatic nitrogens is 2. The van der Waals surface area contributed by atoms with E-state index in [9.17, 15) is 13.2 Å². The average molecular weight is 459 g/mol. The number of imidazole rings is 1. The number of hydrogen-bond donors (Lipinski definition) is 1. The molecule has 0 unspecified atom stereocenters. The van der Waals surface area contributed by atoms with Crippen molar-refractivity contribution in [3.63, 3.8) is 0 Å². The maximum Gasteiger partial charge on any atom is 0.245 e. The van der Waals surface area contributed by atoms with Gasteiger partial charge in [-0.1, -0.05) is 49.2 Å². The second kappa shape index (κ2) is 9.42. The predicted molar refractivity (Wildman–Crippen MR) is 123 cm³/mol. The third-order valence-electron chi connectivity index (χ3n) is 5.64. The standard InChI is InChI=1S/C22H26N4O3S2/c1-25(17-9-3-2-4-10-17)31(28,29)20-13-6-5-12-19(20)24-21(27)16-30-22-23-15-18-11-7-8-14-26(18)22/h5-8,11-15,17H,2-4,9-10,16H2,1H3,(H,24,27). The number of fused-ring (bicyclic) bond motifs is 1. The van der Waals surface area contributed by atoms with Gasteiger partial charge in [0.05, 0.1) is 23.2 Å². The molecule has 1 saturated carbocycles. The summed E-state index contributed by atoms with van der Waals surface area (Å²) in [5.41, 5.74) is 1.26. The first kappa shape index (κ1) is 21.9. The second-order valence-electron chi connectivity index (χ2n) is 7.68. The Hall–Kier alpha value is -2.36. The smallest absolute Gasteiger partial charge is 0.245 e. The molecule has 31 heavy (non-hydrogen) atoms. The number of amides is 1. The zero-order valence-electron chi connectivity index (χ0n) is 17.4. The second-order valence-corrected chi connectivity index (χ2v) is 10.6. The number of carbonyl (C=O) groups excluding carboxylic acids is 1. The van der Waals surface area contributed by atoms with Gasteiger partial charge in [-0.15, -0.1) is 0 Å². The summed E-state index contributed by atoms with van der Waals surface area (Å²) in [5, 5.41) is 3.49. The van der Waals surface area contributed by atoms with Crippen molar-refractivity contribution in [1.82, 2.24) is 13.7 Å². The quantitative estimate of drug-likeness (QED) is 0.541. The van der Waals surface area contributed by atoms with Gasteiger partial charge in [0.2, 0.25) is 15.9 Å². The Morgan fingerprint density at radius 3 is 2.71 bits per heavy atom. The van der Waals surface area contributed by atoms with Gasteiger partial charge in [-0.05, 0) is 37.1 Å². The first-order chi connectivity index (χ1) is 15.0. The zero-order valence-corrected chi connectivity index (χ0v) is 19.0. The molecular weight excluding hydrogens is 432 g/mol. The van der Waals surface area contributed by atoms with Gasteiger partial charge in [-0.25, -0.2) is 13.4 Å². The lowest BCUT2D eigenvalue weighted by Crippen LogP contribution is -2.38. The van der Waals surface area contributed by atoms with E-state index in [1.54, 1.807) is 37.5 Å². The molecule has 1 fully saturated rings. The Labute approximate surface area is 186 Å². The normalized spacial score (nSPS) is 15.4. The van der Waals surface area contributed by atoms with Crippen LogP contribution in [0.5, 0.6) is 0 Å². The fourth-order valence-corrected chi connectivity index (χ4v) is 6.26. The van der Waals surface area contributed by atoms with Crippen LogP contribution in [0, 0.1) is 0 Å². The monoisotopic (exact) mass is 458 g/mol. The molecule has 0 aliphatic heterocycles. The van der Waals surface area contributed by atoms with Crippen molar-refractivity contribution in [1.29, 1.82) is 0 Å². The van der Waals surface area contributed by atoms with Crippen molar-refractivity contribution >= 4 is 38.9 Å². The lowest BCUT2D eigenvalue weighted by molar-refractivity contribution is -0.113. The van der Waals surface area contributed by atoms with Gasteiger partial charge >= 0.3 is 0 Å². The summed E-state index contributed by atoms with van der Waals surface area (Å²) < 4.78 is 29.9. The molecule has 3 aromatic rings. The van der Waals surface area contributed by atoms with Gasteiger partial charge in [0, 0.05) is 19.3 Å². The van der Waals surface area contributed by atoms with E-state index in [1.165, 1.54) is 16.1 Å². The zero-order chi connectivity index (χ0) is 21.8. The highest BCUT2D eigenvalue weighted by Crippen LogP contribution is 2.30. The minimum atomic E-state index is -3.71. The molecule has 7 nitrogen and oxygen atoms in total. The first-order valence-corrected chi connectivity index (χ1v) is 12.8. The molecule has 1 aliphatic carbocycles. The number of para-hydroxylation sites is 1. The maximum atomic E-state index is 13.3. The van der Waals surface area contributed by atoms with Crippen molar-refractivity contribution in [2.75, 3.05) is 18.1 Å². The summed E-state index contributed by atoms with van der Waals surface area (Å²) >= 11 is 1.31. The van der Waals surface area contributed by atoms with Crippen molar-refractivity contribution in [3.05, 3.63) is 54.9 Å². The number of anilines is 1. The van der Waals surface area contributed by atoms with Crippen LogP contribution in [0.2, 0.25) is 0 Å². The van der Waals surface area contributed by atoms with Crippen molar-refractivity contribution in [3.8, 4) is 0 Å². The highest BCUT2D eigenvalue weighted by molar-refractivity contribution is 7.99. The first-order valence-electron chi connectivity index (χ1n) is 10.4. The van der Waals surface area contributed by atoms with Crippen LogP contribution in [-0.2, 0) is 14.8 Å². The highest BCUT2D eigenvalue weighted by atomic mass is 32.2. The van der Waals surface area contributed by atoms with Crippen LogP contribution in [0.4, 0.5) is 5.69 Å². The van der Waals surface area contributed by atoms with E-state index in [4.69, 9.17) is 0 Å². The van der Waals surface area contributed by atoms with Crippen LogP contribution < -0.4 is 5.32 Å². The molecule has 4 rings (SSSR count). The number of thioether (sulfide) groups is 1. The third kappa shape index (κ3) is 4.78. The van der Waals surface area contributed by atoms with Crippen LogP contribution in [0.3, 0.4) is 0 Å². The third-order valence-corrected chi connectivity index (χ3v) is 8.58. The SMILES string of the molecule is CN(C1CCCCC1)S(=O)(=O)c1ccccc1NC(=O)CSc1ncc2ccccn12. The van der Waals surface area contributed by atoms with E-state index >= 15 is 0 Å². The van der Waals surface area contributed by atoms with Crippen LogP contribution in [0.15, 0.2) is 64.9 Å². The van der Waals surface area contributed by atoms with Gasteiger partial charge in [0.15, 0.2) is 5.16 Å². The fourth-order valence-electron chi connectivity index (χ4n) is 3.93. The highest BCUT2D eigenvalue weighted by Gasteiger charge is 2.31. The van der Waals surface area contributed by atoms with E-state index < -0.39 is 10.0 Å². The molecule has 1 N–H and O–H groups in total. The summed E-state index contributed by atoms with van der Waals surface area (Å²) in [5.74, 6) is -0.151. The number of pyridine rings is 1. The minimum Gasteiger partial charge on any atom is -0.324 e. The molecule has 2 aromatic heterocycles. The summed E-state index contributed by atoms with van der Waals surface area (Å²) in [6.07, 6.45) is 8.64. The molecule has 1 aliphatic rings. The van der Waals surface area contributed by atoms with Gasteiger partial charge in [-0.2, -0.15) is 4.31 Å². The van der Waals surface area contributed by atoms with Crippen molar-refractivity contribution in [2.45, 2.75) is 48.2 Å². The van der Waals surface area contributed by atoms with E-state index in [1.807, 2.05) is 28.8 Å². The van der Waals surface area contributed by atoms with Gasteiger partial charge in [0.25, 0.3) is 0 Å². The average Bonchev–Trinajstić information content (AvgIpc) is 3.21. The van der Waals surface area contributed by atoms with Crippen LogP contribution >= 0.6 is 11.8 Å². The summed E-state index contributed by atoms with van der Waals surface area (Å²) in [6.45, 7) is 0. The van der Waals surface area contributed by atoms with E-state index in [2.05, 4.69) is 10.3 Å². The molecule has 2 heterocycles. The lowest BCUT2D eigenvalue weighted by atomic mass is 9.96. The molecule has 1 aromatic carbocycles. The Morgan fingerprint density at radius 1 is 1.16 bits per heavy atom. The molecule has 0 radical (unpaired) electrons. The summed E-state index contributed by atoms with van der Waals surface area (Å²) in [6, 6.07) is 12.4. The Bertz CT molecular complexity index is 1170. The number of sulfonamides is 1. The fraction of sp³-hybridized carbons (Fsp3) is 0.364. The van der Waals surface area contributed by atoms with Gasteiger partial charge < -0.3 is 5.32 Å². The molecule has 0 atom stereocenters. The number of benzene rings is 1. The summed E-state index contributed by atoms with van der Waals surface area (Å²) in [4.78, 5) is 17.1. The number of carbonyl (C=O) groups is 1. The van der Waals surface area contributed by atoms with Crippen molar-refractivity contribution in [2.24, 2.45) is 0 Å². The minimum absolute atomic E-state index is 0.00628. The molecule has 0 bridgehead atoms. The largest absolute Gasteiger partial charge is 0.324 e. The molecule has 164 valence electrons. The molecule has 0 spiro atoms. The van der Waals surface area contributed by atoms with E-state index in [-0.39, 0.29) is 22.6 Å². The maximum absolute atomic E-state index is 13.3. The van der Waals surface area contributed by atoms with Crippen LogP contribution in [0.25, 0.3) is 5.52 Å². The Balaban J connectivity index is 1.47. The van der Waals surface area contributed by atoms with Gasteiger partial charge in [0.1, 0.15) is 4.90 Å². The number of nitrogens with zero attached hydrogens (tertiary/aromatic N) is 3. The predicted octanol–water partition coefficient (Wildman–Crippen LogP) is 4.02. The van der Waals surface area contributed by atoms with Gasteiger partial charge in [-0.3, -0.25) is 9.20 Å². The molecule has 1 amide bonds. The van der Waals surface area contributed by atoms with E-state index in [0.29, 0.717) is 10.8 Å². The Kier molecular flexibility index (Phi) is 6.64. The van der Waals surface area contributed by atoms with Crippen LogP contribution in [-0.4, -0.2) is 46.9 Å². The number of rotatable bonds is 7. The van der Waals surface area contributed by atoms with Crippen LogP contribution in [0.1, 0.15) is 32.1 Å². The summed E-state index contributed by atoms with van der Waals surface area (Å²) in [7, 11) is -2.06. The molecule has 0 saturated heterocycles.